The maximum atomic E-state index is 12.8. The smallest absolute Gasteiger partial charge is 0.257 e. The SMILES string of the molecule is CCc1cccc(C)c1NC(=O)c1cncc(NCCc2ccccc2OC)c1. The number of nitrogens with zero attached hydrogens (tertiary/aromatic N) is 1. The van der Waals surface area contributed by atoms with Crippen LogP contribution < -0.4 is 15.4 Å². The Labute approximate surface area is 172 Å². The number of carbonyl (C=O) groups is 1. The average Bonchev–Trinajstić information content (AvgIpc) is 2.75. The highest BCUT2D eigenvalue weighted by molar-refractivity contribution is 6.05. The van der Waals surface area contributed by atoms with Gasteiger partial charge in [-0.05, 0) is 48.6 Å². The third-order valence-corrected chi connectivity index (χ3v) is 4.89. The molecule has 0 saturated heterocycles. The van der Waals surface area contributed by atoms with Crippen LogP contribution in [0, 0.1) is 6.92 Å². The summed E-state index contributed by atoms with van der Waals surface area (Å²) in [7, 11) is 1.68. The van der Waals surface area contributed by atoms with E-state index in [1.165, 1.54) is 0 Å². The Hall–Kier alpha value is -3.34. The molecule has 5 nitrogen and oxygen atoms in total. The van der Waals surface area contributed by atoms with E-state index in [2.05, 4.69) is 28.6 Å². The summed E-state index contributed by atoms with van der Waals surface area (Å²) in [5.41, 5.74) is 5.53. The van der Waals surface area contributed by atoms with Crippen LogP contribution in [0.15, 0.2) is 60.9 Å². The van der Waals surface area contributed by atoms with E-state index in [1.54, 1.807) is 19.5 Å². The predicted molar refractivity (Wildman–Crippen MR) is 118 cm³/mol. The molecule has 0 aliphatic carbocycles. The lowest BCUT2D eigenvalue weighted by molar-refractivity contribution is 0.102. The lowest BCUT2D eigenvalue weighted by Crippen LogP contribution is -2.15. The Bertz CT molecular complexity index is 985. The van der Waals surface area contributed by atoms with E-state index < -0.39 is 0 Å². The van der Waals surface area contributed by atoms with Gasteiger partial charge in [0, 0.05) is 24.6 Å². The Morgan fingerprint density at radius 3 is 2.66 bits per heavy atom. The van der Waals surface area contributed by atoms with Gasteiger partial charge in [0.2, 0.25) is 0 Å². The third-order valence-electron chi connectivity index (χ3n) is 4.89. The summed E-state index contributed by atoms with van der Waals surface area (Å²) in [6.07, 6.45) is 4.98. The molecule has 1 heterocycles. The zero-order valence-electron chi connectivity index (χ0n) is 17.2. The van der Waals surface area contributed by atoms with E-state index in [9.17, 15) is 4.79 Å². The van der Waals surface area contributed by atoms with E-state index in [-0.39, 0.29) is 5.91 Å². The molecule has 0 radical (unpaired) electrons. The summed E-state index contributed by atoms with van der Waals surface area (Å²) >= 11 is 0. The fourth-order valence-corrected chi connectivity index (χ4v) is 3.30. The molecular formula is C24H27N3O2. The van der Waals surface area contributed by atoms with Crippen LogP contribution in [-0.4, -0.2) is 24.5 Å². The molecule has 5 heteroatoms. The van der Waals surface area contributed by atoms with Crippen LogP contribution in [0.25, 0.3) is 0 Å². The molecule has 1 amide bonds. The number of para-hydroxylation sites is 2. The van der Waals surface area contributed by atoms with E-state index in [4.69, 9.17) is 4.74 Å². The second-order valence-electron chi connectivity index (χ2n) is 6.87. The van der Waals surface area contributed by atoms with Crippen LogP contribution in [0.3, 0.4) is 0 Å². The number of methoxy groups -OCH3 is 1. The highest BCUT2D eigenvalue weighted by atomic mass is 16.5. The van der Waals surface area contributed by atoms with Gasteiger partial charge in [-0.25, -0.2) is 0 Å². The Morgan fingerprint density at radius 2 is 1.86 bits per heavy atom. The molecule has 0 fully saturated rings. The van der Waals surface area contributed by atoms with Gasteiger partial charge in [-0.15, -0.1) is 0 Å². The minimum atomic E-state index is -0.158. The van der Waals surface area contributed by atoms with Crippen LogP contribution in [0.2, 0.25) is 0 Å². The van der Waals surface area contributed by atoms with Gasteiger partial charge in [0.15, 0.2) is 0 Å². The van der Waals surface area contributed by atoms with Crippen molar-refractivity contribution in [2.75, 3.05) is 24.3 Å². The monoisotopic (exact) mass is 389 g/mol. The topological polar surface area (TPSA) is 63.2 Å². The fraction of sp³-hybridized carbons (Fsp3) is 0.250. The Morgan fingerprint density at radius 1 is 1.07 bits per heavy atom. The van der Waals surface area contributed by atoms with Crippen molar-refractivity contribution < 1.29 is 9.53 Å². The quantitative estimate of drug-likeness (QED) is 0.577. The summed E-state index contributed by atoms with van der Waals surface area (Å²) in [5.74, 6) is 0.723. The minimum Gasteiger partial charge on any atom is -0.496 e. The number of nitrogens with one attached hydrogen (secondary N) is 2. The van der Waals surface area contributed by atoms with E-state index in [1.807, 2.05) is 49.4 Å². The first-order valence-electron chi connectivity index (χ1n) is 9.83. The number of pyridine rings is 1. The summed E-state index contributed by atoms with van der Waals surface area (Å²) in [6.45, 7) is 4.80. The highest BCUT2D eigenvalue weighted by Crippen LogP contribution is 2.22. The lowest BCUT2D eigenvalue weighted by atomic mass is 10.1. The number of anilines is 2. The summed E-state index contributed by atoms with van der Waals surface area (Å²) in [6, 6.07) is 15.8. The Kier molecular flexibility index (Phi) is 6.85. The molecule has 0 bridgehead atoms. The van der Waals surface area contributed by atoms with Crippen molar-refractivity contribution in [2.45, 2.75) is 26.7 Å². The molecule has 0 unspecified atom stereocenters. The lowest BCUT2D eigenvalue weighted by Gasteiger charge is -2.13. The number of ether oxygens (including phenoxy) is 1. The van der Waals surface area contributed by atoms with Gasteiger partial charge in [-0.3, -0.25) is 9.78 Å². The zero-order valence-corrected chi connectivity index (χ0v) is 17.2. The fourth-order valence-electron chi connectivity index (χ4n) is 3.30. The van der Waals surface area contributed by atoms with Gasteiger partial charge in [0.1, 0.15) is 5.75 Å². The molecule has 0 atom stereocenters. The van der Waals surface area contributed by atoms with Gasteiger partial charge >= 0.3 is 0 Å². The normalized spacial score (nSPS) is 10.4. The number of aryl methyl sites for hydroxylation is 2. The molecule has 2 aromatic carbocycles. The highest BCUT2D eigenvalue weighted by Gasteiger charge is 2.12. The van der Waals surface area contributed by atoms with Gasteiger partial charge in [0.25, 0.3) is 5.91 Å². The molecular weight excluding hydrogens is 362 g/mol. The molecule has 2 N–H and O–H groups in total. The van der Waals surface area contributed by atoms with Crippen molar-refractivity contribution in [1.82, 2.24) is 4.98 Å². The molecule has 3 aromatic rings. The largest absolute Gasteiger partial charge is 0.496 e. The molecule has 29 heavy (non-hydrogen) atoms. The molecule has 0 saturated carbocycles. The van der Waals surface area contributed by atoms with Crippen LogP contribution >= 0.6 is 0 Å². The maximum absolute atomic E-state index is 12.8. The average molecular weight is 389 g/mol. The summed E-state index contributed by atoms with van der Waals surface area (Å²) < 4.78 is 5.39. The number of rotatable bonds is 8. The maximum Gasteiger partial charge on any atom is 0.257 e. The number of amides is 1. The number of benzene rings is 2. The van der Waals surface area contributed by atoms with Gasteiger partial charge in [-0.2, -0.15) is 0 Å². The van der Waals surface area contributed by atoms with Crippen molar-refractivity contribution in [3.05, 3.63) is 83.2 Å². The number of hydrogen-bond acceptors (Lipinski definition) is 4. The van der Waals surface area contributed by atoms with Gasteiger partial charge < -0.3 is 15.4 Å². The van der Waals surface area contributed by atoms with Crippen molar-refractivity contribution in [3.8, 4) is 5.75 Å². The van der Waals surface area contributed by atoms with E-state index >= 15 is 0 Å². The second kappa shape index (κ2) is 9.73. The number of aromatic nitrogens is 1. The number of carbonyl (C=O) groups excluding carboxylic acids is 1. The van der Waals surface area contributed by atoms with Crippen LogP contribution in [0.4, 0.5) is 11.4 Å². The molecule has 0 aliphatic rings. The molecule has 0 aliphatic heterocycles. The predicted octanol–water partition coefficient (Wildman–Crippen LogP) is 4.87. The summed E-state index contributed by atoms with van der Waals surface area (Å²) in [4.78, 5) is 17.0. The first kappa shape index (κ1) is 20.4. The van der Waals surface area contributed by atoms with E-state index in [0.717, 1.165) is 46.7 Å². The number of hydrogen-bond donors (Lipinski definition) is 2. The second-order valence-corrected chi connectivity index (χ2v) is 6.87. The van der Waals surface area contributed by atoms with Crippen molar-refractivity contribution >= 4 is 17.3 Å². The van der Waals surface area contributed by atoms with Crippen LogP contribution in [0.5, 0.6) is 5.75 Å². The molecule has 150 valence electrons. The van der Waals surface area contributed by atoms with Crippen LogP contribution in [-0.2, 0) is 12.8 Å². The van der Waals surface area contributed by atoms with Crippen molar-refractivity contribution in [2.24, 2.45) is 0 Å². The molecule has 0 spiro atoms. The first-order chi connectivity index (χ1) is 14.1. The van der Waals surface area contributed by atoms with Gasteiger partial charge in [0.05, 0.1) is 18.4 Å². The minimum absolute atomic E-state index is 0.158. The molecule has 3 rings (SSSR count). The zero-order chi connectivity index (χ0) is 20.6. The van der Waals surface area contributed by atoms with Crippen molar-refractivity contribution in [1.29, 1.82) is 0 Å². The standard InChI is InChI=1S/C24H27N3O2/c1-4-18-10-7-8-17(2)23(18)27-24(28)20-14-21(16-25-15-20)26-13-12-19-9-5-6-11-22(19)29-3/h5-11,14-16,26H,4,12-13H2,1-3H3,(H,27,28). The Balaban J connectivity index is 1.66. The van der Waals surface area contributed by atoms with Crippen molar-refractivity contribution in [3.63, 3.8) is 0 Å². The summed E-state index contributed by atoms with van der Waals surface area (Å²) in [5, 5.41) is 6.39. The van der Waals surface area contributed by atoms with Gasteiger partial charge in [-0.1, -0.05) is 43.3 Å². The third kappa shape index (κ3) is 5.13. The first-order valence-corrected chi connectivity index (χ1v) is 9.83. The molecule has 1 aromatic heterocycles. The van der Waals surface area contributed by atoms with Crippen LogP contribution in [0.1, 0.15) is 34.0 Å². The van der Waals surface area contributed by atoms with E-state index in [0.29, 0.717) is 12.1 Å².